The molecule has 0 amide bonds. The first-order valence-corrected chi connectivity index (χ1v) is 36.4. The fourth-order valence-electron chi connectivity index (χ4n) is 11.6. The number of hydrogen-bond donors (Lipinski definition) is 0. The second-order valence-corrected chi connectivity index (χ2v) is 25.8. The molecule has 0 radical (unpaired) electrons. The summed E-state index contributed by atoms with van der Waals surface area (Å²) in [5.41, 5.74) is 4.62. The van der Waals surface area contributed by atoms with E-state index < -0.39 is 96.8 Å². The Kier molecular flexibility index (Phi) is 34.5. The van der Waals surface area contributed by atoms with Gasteiger partial charge in [0.05, 0.1) is 86.9 Å². The van der Waals surface area contributed by atoms with E-state index >= 15 is 0 Å². The minimum absolute atomic E-state index is 0.171. The molecule has 21 heteroatoms. The Morgan fingerprint density at radius 2 is 0.783 bits per heavy atom. The van der Waals surface area contributed by atoms with Crippen molar-refractivity contribution in [3.05, 3.63) is 216 Å². The van der Waals surface area contributed by atoms with Crippen LogP contribution in [0, 0.1) is 35.5 Å². The van der Waals surface area contributed by atoms with Crippen LogP contribution < -0.4 is 18.9 Å². The zero-order valence-electron chi connectivity index (χ0n) is 60.2. The largest absolute Gasteiger partial charge is 0.494 e. The van der Waals surface area contributed by atoms with Crippen LogP contribution in [0.4, 0.5) is 0 Å². The Balaban J connectivity index is 0.858. The van der Waals surface area contributed by atoms with Crippen molar-refractivity contribution < 1.29 is 90.5 Å². The van der Waals surface area contributed by atoms with Gasteiger partial charge in [0.15, 0.2) is 12.2 Å². The molecule has 0 N–H and O–H groups in total. The number of carbonyl (C=O) groups excluding carboxylic acids is 8. The molecule has 6 aromatic rings. The zero-order valence-corrected chi connectivity index (χ0v) is 60.2. The van der Waals surface area contributed by atoms with Gasteiger partial charge in [-0.1, -0.05) is 92.9 Å². The van der Waals surface area contributed by atoms with Crippen LogP contribution in [-0.4, -0.2) is 125 Å². The summed E-state index contributed by atoms with van der Waals surface area (Å²) < 4.78 is 63.0. The van der Waals surface area contributed by atoms with Crippen LogP contribution >= 0.6 is 0 Å². The third kappa shape index (κ3) is 29.3. The van der Waals surface area contributed by atoms with Crippen LogP contribution in [0.2, 0.25) is 0 Å². The van der Waals surface area contributed by atoms with E-state index in [1.807, 2.05) is 42.5 Å². The molecule has 0 heterocycles. The fourth-order valence-corrected chi connectivity index (χ4v) is 11.6. The molecule has 0 saturated heterocycles. The Hall–Kier alpha value is -11.0. The lowest BCUT2D eigenvalue weighted by Crippen LogP contribution is -2.36. The van der Waals surface area contributed by atoms with Crippen molar-refractivity contribution in [1.82, 2.24) is 0 Å². The van der Waals surface area contributed by atoms with E-state index in [1.54, 1.807) is 109 Å². The molecule has 2 unspecified atom stereocenters. The van der Waals surface area contributed by atoms with Gasteiger partial charge in [-0.25, -0.2) is 19.2 Å². The average Bonchev–Trinajstić information content (AvgIpc) is 0.824. The Morgan fingerprint density at radius 3 is 1.19 bits per heavy atom. The summed E-state index contributed by atoms with van der Waals surface area (Å²) in [6.45, 7) is 9.04. The molecule has 2 fully saturated rings. The van der Waals surface area contributed by atoms with Gasteiger partial charge in [-0.2, -0.15) is 10.2 Å². The van der Waals surface area contributed by atoms with Crippen LogP contribution in [0.1, 0.15) is 165 Å². The van der Waals surface area contributed by atoms with E-state index in [4.69, 9.17) is 52.1 Å². The molecule has 6 aromatic carbocycles. The maximum atomic E-state index is 13.9. The Labute approximate surface area is 620 Å². The predicted molar refractivity (Wildman–Crippen MR) is 397 cm³/mol. The van der Waals surface area contributed by atoms with Gasteiger partial charge < -0.3 is 52.1 Å². The summed E-state index contributed by atoms with van der Waals surface area (Å²) in [7, 11) is 0. The van der Waals surface area contributed by atoms with Crippen molar-refractivity contribution >= 4 is 60.2 Å². The van der Waals surface area contributed by atoms with Crippen LogP contribution in [0.25, 0.3) is 0 Å². The smallest absolute Gasteiger partial charge is 0.338 e. The lowest BCUT2D eigenvalue weighted by molar-refractivity contribution is -0.157. The average molecular weight is 1450 g/mol. The monoisotopic (exact) mass is 1450 g/mol. The van der Waals surface area contributed by atoms with Gasteiger partial charge in [0.25, 0.3) is 0 Å². The molecule has 0 aliphatic heterocycles. The molecule has 0 spiro atoms. The summed E-state index contributed by atoms with van der Waals surface area (Å²) in [5, 5.41) is 8.35. The molecule has 0 bridgehead atoms. The molecule has 0 aromatic heterocycles. The van der Waals surface area contributed by atoms with E-state index in [0.29, 0.717) is 112 Å². The molecule has 106 heavy (non-hydrogen) atoms. The number of esters is 8. The molecular formula is C85H94N2O19. The summed E-state index contributed by atoms with van der Waals surface area (Å²) >= 11 is 0. The highest BCUT2D eigenvalue weighted by molar-refractivity contribution is 5.91. The van der Waals surface area contributed by atoms with Crippen molar-refractivity contribution in [2.75, 3.05) is 52.9 Å². The maximum Gasteiger partial charge on any atom is 0.338 e. The quantitative estimate of drug-likeness (QED) is 0.00504. The van der Waals surface area contributed by atoms with Gasteiger partial charge in [-0.3, -0.25) is 19.2 Å². The topological polar surface area (TPSA) is 263 Å². The van der Waals surface area contributed by atoms with E-state index in [-0.39, 0.29) is 24.3 Å². The lowest BCUT2D eigenvalue weighted by Gasteiger charge is -2.27. The van der Waals surface area contributed by atoms with Gasteiger partial charge in [-0.15, -0.1) is 0 Å². The molecular weight excluding hydrogens is 1350 g/mol. The standard InChI is InChI=1S/C85H94N2O19/c1-4-18-61-23-25-64(26-24-61)55-86-87-56-65-29-33-69(34-30-65)85(95)106-77(60-102-81(91)67-37-41-71(42-38-67)83(93)104-75-49-45-73(46-50-75)98-52-15-8-10-17-54-100-79(89)6-3)58-96-57-76(105-84(94)68-31-27-63(28-32-68)22-21-62-19-12-11-13-20-62)59-101-80(90)66-35-39-70(40-36-66)82(92)103-74-47-43-72(44-48-74)97-51-14-7-9-16-53-99-78(88)5-2/h5-6,11-13,19-20,23-34,43-50,55-56,66-67,70-71,76-77H,2-4,7-10,14-18,35-42,51-54,57-60H2,1H3/b86-55+,87-56+. The Morgan fingerprint density at radius 1 is 0.415 bits per heavy atom. The minimum atomic E-state index is -1.20. The number of unbranched alkanes of at least 4 members (excludes halogenated alkanes) is 6. The molecule has 8 rings (SSSR count). The number of ether oxygens (including phenoxy) is 11. The fraction of sp³-hybridized carbons (Fsp3) is 0.388. The molecule has 2 saturated carbocycles. The lowest BCUT2D eigenvalue weighted by atomic mass is 9.82. The van der Waals surface area contributed by atoms with Crippen molar-refractivity contribution in [2.45, 2.75) is 135 Å². The first kappa shape index (κ1) is 80.7. The summed E-state index contributed by atoms with van der Waals surface area (Å²) in [6.07, 6.45) is 14.6. The van der Waals surface area contributed by atoms with Gasteiger partial charge in [0.2, 0.25) is 0 Å². The number of benzene rings is 6. The van der Waals surface area contributed by atoms with Crippen molar-refractivity contribution in [1.29, 1.82) is 0 Å². The molecule has 558 valence electrons. The highest BCUT2D eigenvalue weighted by atomic mass is 16.6. The van der Waals surface area contributed by atoms with Gasteiger partial charge >= 0.3 is 47.8 Å². The van der Waals surface area contributed by atoms with Crippen LogP contribution in [-0.2, 0) is 68.3 Å². The molecule has 2 aliphatic carbocycles. The highest BCUT2D eigenvalue weighted by Crippen LogP contribution is 2.33. The molecule has 21 nitrogen and oxygen atoms in total. The molecule has 2 aliphatic rings. The third-order valence-corrected chi connectivity index (χ3v) is 17.7. The SMILES string of the molecule is C=CC(=O)OCCCCCCOc1ccc(OC(=O)C2CCC(C(=O)OCC(COCC(COC(=O)C3CCC(C(=O)Oc4ccc(OCCCCCCOC(=O)C=C)cc4)CC3)OC(=O)c3ccc(/C=N/N=C/c4ccc(CCC)cc4)cc3)OC(=O)c3ccc(C#Cc4ccccc4)cc3)CC2)cc1. The van der Waals surface area contributed by atoms with Crippen molar-refractivity contribution in [3.63, 3.8) is 0 Å². The van der Waals surface area contributed by atoms with E-state index in [0.717, 1.165) is 87.5 Å². The van der Waals surface area contributed by atoms with Gasteiger partial charge in [-0.05, 0) is 223 Å². The van der Waals surface area contributed by atoms with Gasteiger partial charge in [0, 0.05) is 23.3 Å². The first-order valence-electron chi connectivity index (χ1n) is 36.4. The van der Waals surface area contributed by atoms with E-state index in [9.17, 15) is 38.4 Å². The number of carbonyl (C=O) groups is 8. The van der Waals surface area contributed by atoms with Gasteiger partial charge in [0.1, 0.15) is 36.2 Å². The number of hydrogen-bond acceptors (Lipinski definition) is 21. The second-order valence-electron chi connectivity index (χ2n) is 25.8. The number of rotatable bonds is 41. The van der Waals surface area contributed by atoms with Crippen molar-refractivity contribution in [2.24, 2.45) is 33.9 Å². The molecule has 2 atom stereocenters. The maximum absolute atomic E-state index is 13.9. The van der Waals surface area contributed by atoms with Crippen molar-refractivity contribution in [3.8, 4) is 34.8 Å². The van der Waals surface area contributed by atoms with E-state index in [2.05, 4.69) is 54.3 Å². The Bertz CT molecular complexity index is 3900. The predicted octanol–water partition coefficient (Wildman–Crippen LogP) is 14.5. The zero-order chi connectivity index (χ0) is 74.9. The summed E-state index contributed by atoms with van der Waals surface area (Å²) in [5.74, 6) is 1.78. The number of aryl methyl sites for hydroxylation is 1. The first-order chi connectivity index (χ1) is 51.7. The third-order valence-electron chi connectivity index (χ3n) is 17.7. The summed E-state index contributed by atoms with van der Waals surface area (Å²) in [4.78, 5) is 105. The normalized spacial score (nSPS) is 16.0. The number of nitrogens with zero attached hydrogens (tertiary/aromatic N) is 2. The van der Waals surface area contributed by atoms with Crippen LogP contribution in [0.15, 0.2) is 187 Å². The van der Waals surface area contributed by atoms with Crippen LogP contribution in [0.3, 0.4) is 0 Å². The van der Waals surface area contributed by atoms with E-state index in [1.165, 1.54) is 5.56 Å². The highest BCUT2D eigenvalue weighted by Gasteiger charge is 2.35. The second kappa shape index (κ2) is 45.3. The summed E-state index contributed by atoms with van der Waals surface area (Å²) in [6, 6.07) is 44.1. The minimum Gasteiger partial charge on any atom is -0.494 e. The van der Waals surface area contributed by atoms with Crippen LogP contribution in [0.5, 0.6) is 23.0 Å².